The van der Waals surface area contributed by atoms with Gasteiger partial charge in [-0.1, -0.05) is 30.3 Å². The van der Waals surface area contributed by atoms with Gasteiger partial charge in [0, 0.05) is 13.1 Å². The van der Waals surface area contributed by atoms with Gasteiger partial charge < -0.3 is 16.0 Å². The number of benzene rings is 1. The van der Waals surface area contributed by atoms with E-state index in [0.29, 0.717) is 5.82 Å². The standard InChI is InChI=1S/C18H21N5O2/c19-17(24)14-8-9-16(22-21-14)20-15-10-12-23(18(15)25)11-4-7-13-5-2-1-3-6-13/h1-3,5-6,8-9,15H,4,7,10-12H2,(H2,19,24)(H,20,22). The third-order valence-corrected chi connectivity index (χ3v) is 4.27. The summed E-state index contributed by atoms with van der Waals surface area (Å²) in [6.07, 6.45) is 2.63. The van der Waals surface area contributed by atoms with E-state index in [-0.39, 0.29) is 17.6 Å². The van der Waals surface area contributed by atoms with Crippen LogP contribution in [0.15, 0.2) is 42.5 Å². The minimum absolute atomic E-state index is 0.0776. The summed E-state index contributed by atoms with van der Waals surface area (Å²) in [5.74, 6) is -0.0797. The van der Waals surface area contributed by atoms with E-state index in [1.165, 1.54) is 11.6 Å². The lowest BCUT2D eigenvalue weighted by Crippen LogP contribution is -2.34. The van der Waals surface area contributed by atoms with Crippen LogP contribution >= 0.6 is 0 Å². The highest BCUT2D eigenvalue weighted by atomic mass is 16.2. The van der Waals surface area contributed by atoms with Gasteiger partial charge in [0.1, 0.15) is 11.9 Å². The van der Waals surface area contributed by atoms with E-state index in [4.69, 9.17) is 5.73 Å². The van der Waals surface area contributed by atoms with Gasteiger partial charge >= 0.3 is 0 Å². The summed E-state index contributed by atoms with van der Waals surface area (Å²) in [7, 11) is 0. The average molecular weight is 339 g/mol. The Morgan fingerprint density at radius 2 is 2.00 bits per heavy atom. The molecule has 2 aromatic rings. The zero-order valence-electron chi connectivity index (χ0n) is 13.9. The minimum Gasteiger partial charge on any atom is -0.364 e. The molecule has 1 fully saturated rings. The molecular formula is C18H21N5O2. The fourth-order valence-corrected chi connectivity index (χ4v) is 2.93. The summed E-state index contributed by atoms with van der Waals surface area (Å²) in [6.45, 7) is 1.48. The Hall–Kier alpha value is -2.96. The van der Waals surface area contributed by atoms with Crippen molar-refractivity contribution in [2.24, 2.45) is 5.73 Å². The van der Waals surface area contributed by atoms with Crippen LogP contribution in [-0.4, -0.2) is 46.0 Å². The first kappa shape index (κ1) is 16.9. The number of nitrogens with zero attached hydrogens (tertiary/aromatic N) is 3. The predicted molar refractivity (Wildman–Crippen MR) is 93.9 cm³/mol. The molecule has 25 heavy (non-hydrogen) atoms. The number of nitrogens with one attached hydrogen (secondary N) is 1. The van der Waals surface area contributed by atoms with E-state index in [1.54, 1.807) is 6.07 Å². The van der Waals surface area contributed by atoms with Crippen molar-refractivity contribution in [2.75, 3.05) is 18.4 Å². The Kier molecular flexibility index (Phi) is 5.23. The highest BCUT2D eigenvalue weighted by molar-refractivity contribution is 5.90. The number of likely N-dealkylation sites (tertiary alicyclic amines) is 1. The number of hydrogen-bond donors (Lipinski definition) is 2. The van der Waals surface area contributed by atoms with Crippen LogP contribution in [0.5, 0.6) is 0 Å². The maximum atomic E-state index is 12.5. The van der Waals surface area contributed by atoms with Gasteiger partial charge in [-0.15, -0.1) is 10.2 Å². The maximum Gasteiger partial charge on any atom is 0.269 e. The molecule has 3 N–H and O–H groups in total. The Labute approximate surface area is 146 Å². The Bertz CT molecular complexity index is 733. The molecule has 1 saturated heterocycles. The van der Waals surface area contributed by atoms with Gasteiger partial charge in [0.25, 0.3) is 5.91 Å². The van der Waals surface area contributed by atoms with Crippen molar-refractivity contribution in [3.8, 4) is 0 Å². The highest BCUT2D eigenvalue weighted by Gasteiger charge is 2.31. The Balaban J connectivity index is 1.48. The monoisotopic (exact) mass is 339 g/mol. The van der Waals surface area contributed by atoms with Gasteiger partial charge in [0.05, 0.1) is 0 Å². The van der Waals surface area contributed by atoms with Gasteiger partial charge in [-0.3, -0.25) is 9.59 Å². The van der Waals surface area contributed by atoms with Crippen molar-refractivity contribution in [1.29, 1.82) is 0 Å². The summed E-state index contributed by atoms with van der Waals surface area (Å²) < 4.78 is 0. The van der Waals surface area contributed by atoms with Crippen LogP contribution in [0.1, 0.15) is 28.9 Å². The van der Waals surface area contributed by atoms with Gasteiger partial charge in [-0.25, -0.2) is 0 Å². The molecule has 0 spiro atoms. The van der Waals surface area contributed by atoms with E-state index in [2.05, 4.69) is 27.6 Å². The van der Waals surface area contributed by atoms with E-state index in [1.807, 2.05) is 23.1 Å². The molecule has 2 amide bonds. The van der Waals surface area contributed by atoms with E-state index in [9.17, 15) is 9.59 Å². The molecule has 0 saturated carbocycles. The number of aryl methyl sites for hydroxylation is 1. The van der Waals surface area contributed by atoms with E-state index < -0.39 is 5.91 Å². The Morgan fingerprint density at radius 1 is 1.20 bits per heavy atom. The fourth-order valence-electron chi connectivity index (χ4n) is 2.93. The summed E-state index contributed by atoms with van der Waals surface area (Å²) in [4.78, 5) is 25.3. The third-order valence-electron chi connectivity index (χ3n) is 4.27. The number of carbonyl (C=O) groups is 2. The summed E-state index contributed by atoms with van der Waals surface area (Å²) in [5.41, 5.74) is 6.52. The largest absolute Gasteiger partial charge is 0.364 e. The minimum atomic E-state index is -0.624. The second-order valence-electron chi connectivity index (χ2n) is 6.07. The van der Waals surface area contributed by atoms with Crippen molar-refractivity contribution in [3.63, 3.8) is 0 Å². The van der Waals surface area contributed by atoms with Crippen molar-refractivity contribution in [2.45, 2.75) is 25.3 Å². The number of hydrogen-bond acceptors (Lipinski definition) is 5. The number of amides is 2. The van der Waals surface area contributed by atoms with Crippen LogP contribution in [0.4, 0.5) is 5.82 Å². The number of aromatic nitrogens is 2. The van der Waals surface area contributed by atoms with Gasteiger partial charge in [-0.05, 0) is 37.0 Å². The number of primary amides is 1. The van der Waals surface area contributed by atoms with E-state index in [0.717, 1.165) is 32.4 Å². The average Bonchev–Trinajstić information content (AvgIpc) is 2.97. The van der Waals surface area contributed by atoms with Gasteiger partial charge in [0.2, 0.25) is 5.91 Å². The molecule has 3 rings (SSSR count). The van der Waals surface area contributed by atoms with Crippen molar-refractivity contribution in [3.05, 3.63) is 53.7 Å². The smallest absolute Gasteiger partial charge is 0.269 e. The molecule has 130 valence electrons. The molecule has 1 aromatic heterocycles. The molecule has 0 radical (unpaired) electrons. The number of rotatable bonds is 7. The van der Waals surface area contributed by atoms with Crippen LogP contribution in [0.2, 0.25) is 0 Å². The van der Waals surface area contributed by atoms with Crippen molar-refractivity contribution >= 4 is 17.6 Å². The lowest BCUT2D eigenvalue weighted by atomic mass is 10.1. The van der Waals surface area contributed by atoms with Crippen molar-refractivity contribution in [1.82, 2.24) is 15.1 Å². The highest BCUT2D eigenvalue weighted by Crippen LogP contribution is 2.16. The predicted octanol–water partition coefficient (Wildman–Crippen LogP) is 1.22. The molecule has 1 unspecified atom stereocenters. The molecule has 0 aliphatic carbocycles. The number of nitrogens with two attached hydrogens (primary N) is 1. The third kappa shape index (κ3) is 4.32. The van der Waals surface area contributed by atoms with Crippen LogP contribution in [0.25, 0.3) is 0 Å². The summed E-state index contributed by atoms with van der Waals surface area (Å²) in [5, 5.41) is 10.7. The van der Waals surface area contributed by atoms with Crippen LogP contribution in [0, 0.1) is 0 Å². The molecule has 1 atom stereocenters. The lowest BCUT2D eigenvalue weighted by molar-refractivity contribution is -0.128. The second kappa shape index (κ2) is 7.74. The van der Waals surface area contributed by atoms with Crippen molar-refractivity contribution < 1.29 is 9.59 Å². The fraction of sp³-hybridized carbons (Fsp3) is 0.333. The van der Waals surface area contributed by atoms with Gasteiger partial charge in [0.15, 0.2) is 5.69 Å². The number of carbonyl (C=O) groups excluding carboxylic acids is 2. The molecule has 1 aliphatic rings. The first-order valence-electron chi connectivity index (χ1n) is 8.36. The first-order chi connectivity index (χ1) is 12.1. The molecule has 7 heteroatoms. The molecule has 1 aromatic carbocycles. The zero-order chi connectivity index (χ0) is 17.6. The lowest BCUT2D eigenvalue weighted by Gasteiger charge is -2.17. The molecular weight excluding hydrogens is 318 g/mol. The maximum absolute atomic E-state index is 12.5. The summed E-state index contributed by atoms with van der Waals surface area (Å²) >= 11 is 0. The topological polar surface area (TPSA) is 101 Å². The summed E-state index contributed by atoms with van der Waals surface area (Å²) in [6, 6.07) is 13.1. The number of anilines is 1. The van der Waals surface area contributed by atoms with Crippen LogP contribution < -0.4 is 11.1 Å². The second-order valence-corrected chi connectivity index (χ2v) is 6.07. The van der Waals surface area contributed by atoms with Crippen LogP contribution in [-0.2, 0) is 11.2 Å². The van der Waals surface area contributed by atoms with E-state index >= 15 is 0 Å². The zero-order valence-corrected chi connectivity index (χ0v) is 13.9. The Morgan fingerprint density at radius 3 is 2.68 bits per heavy atom. The first-order valence-corrected chi connectivity index (χ1v) is 8.36. The molecule has 7 nitrogen and oxygen atoms in total. The molecule has 0 bridgehead atoms. The normalized spacial score (nSPS) is 16.9. The molecule has 2 heterocycles. The van der Waals surface area contributed by atoms with Crippen LogP contribution in [0.3, 0.4) is 0 Å². The quantitative estimate of drug-likeness (QED) is 0.790. The molecule has 1 aliphatic heterocycles. The SMILES string of the molecule is NC(=O)c1ccc(NC2CCN(CCCc3ccccc3)C2=O)nn1. The van der Waals surface area contributed by atoms with Gasteiger partial charge in [-0.2, -0.15) is 0 Å².